The molecule has 6 nitrogen and oxygen atoms in total. The Labute approximate surface area is 132 Å². The lowest BCUT2D eigenvalue weighted by molar-refractivity contribution is 0.804. The average Bonchev–Trinajstić information content (AvgIpc) is 3.22. The van der Waals surface area contributed by atoms with Crippen molar-refractivity contribution in [3.63, 3.8) is 0 Å². The highest BCUT2D eigenvalue weighted by Crippen LogP contribution is 2.39. The maximum atomic E-state index is 5.79. The largest absolute Gasteiger partial charge is 0.384 e. The molecule has 0 saturated heterocycles. The number of imidazole rings is 2. The van der Waals surface area contributed by atoms with E-state index in [2.05, 4.69) is 43.5 Å². The quantitative estimate of drug-likeness (QED) is 0.631. The topological polar surface area (TPSA) is 74.0 Å². The summed E-state index contributed by atoms with van der Waals surface area (Å²) >= 11 is 0. The number of fused-ring (bicyclic) bond motifs is 2. The second kappa shape index (κ2) is 4.55. The van der Waals surface area contributed by atoms with Crippen LogP contribution >= 0.6 is 0 Å². The zero-order chi connectivity index (χ0) is 15.4. The van der Waals surface area contributed by atoms with Gasteiger partial charge in [-0.05, 0) is 30.4 Å². The number of pyridine rings is 2. The van der Waals surface area contributed by atoms with Crippen molar-refractivity contribution in [2.24, 2.45) is 0 Å². The standard InChI is InChI=1S/C17H16N6/c18-16-5-15-14(6-19-16)20-10-23(15)9-13-8-22-7-12(11-1-2-11)3-4-17(22)21-13/h3-8,10-11H,1-2,9H2,(H2,18,19). The van der Waals surface area contributed by atoms with Crippen LogP contribution in [-0.4, -0.2) is 23.9 Å². The molecule has 0 aromatic carbocycles. The Bertz CT molecular complexity index is 1020. The van der Waals surface area contributed by atoms with Gasteiger partial charge in [0.05, 0.1) is 30.3 Å². The molecule has 5 rings (SSSR count). The summed E-state index contributed by atoms with van der Waals surface area (Å²) in [6.07, 6.45) is 10.4. The molecule has 4 aromatic rings. The maximum Gasteiger partial charge on any atom is 0.137 e. The summed E-state index contributed by atoms with van der Waals surface area (Å²) in [7, 11) is 0. The summed E-state index contributed by atoms with van der Waals surface area (Å²) in [6, 6.07) is 6.15. The molecule has 2 N–H and O–H groups in total. The lowest BCUT2D eigenvalue weighted by atomic mass is 10.2. The number of nitrogen functional groups attached to an aromatic ring is 1. The van der Waals surface area contributed by atoms with Crippen LogP contribution in [0.25, 0.3) is 16.7 Å². The summed E-state index contributed by atoms with van der Waals surface area (Å²) in [5, 5.41) is 0. The molecule has 6 heteroatoms. The van der Waals surface area contributed by atoms with Gasteiger partial charge in [0.15, 0.2) is 0 Å². The summed E-state index contributed by atoms with van der Waals surface area (Å²) in [6.45, 7) is 0.667. The molecule has 0 spiro atoms. The number of anilines is 1. The van der Waals surface area contributed by atoms with E-state index in [0.717, 1.165) is 28.3 Å². The van der Waals surface area contributed by atoms with Gasteiger partial charge in [0, 0.05) is 18.5 Å². The van der Waals surface area contributed by atoms with E-state index in [0.29, 0.717) is 12.4 Å². The predicted octanol–water partition coefficient (Wildman–Crippen LogP) is 2.59. The molecular formula is C17H16N6. The summed E-state index contributed by atoms with van der Waals surface area (Å²) in [5.41, 5.74) is 11.0. The van der Waals surface area contributed by atoms with Gasteiger partial charge in [-0.25, -0.2) is 15.0 Å². The van der Waals surface area contributed by atoms with Gasteiger partial charge >= 0.3 is 0 Å². The molecule has 0 bridgehead atoms. The molecule has 0 amide bonds. The molecule has 1 aliphatic carbocycles. The fraction of sp³-hybridized carbons (Fsp3) is 0.235. The van der Waals surface area contributed by atoms with Gasteiger partial charge in [0.2, 0.25) is 0 Å². The van der Waals surface area contributed by atoms with E-state index in [-0.39, 0.29) is 0 Å². The van der Waals surface area contributed by atoms with Crippen LogP contribution in [0, 0.1) is 0 Å². The third-order valence-corrected chi connectivity index (χ3v) is 4.43. The van der Waals surface area contributed by atoms with Crippen molar-refractivity contribution in [1.82, 2.24) is 23.9 Å². The van der Waals surface area contributed by atoms with E-state index in [1.165, 1.54) is 18.4 Å². The van der Waals surface area contributed by atoms with Crippen molar-refractivity contribution in [3.05, 3.63) is 54.4 Å². The van der Waals surface area contributed by atoms with Crippen LogP contribution in [0.1, 0.15) is 30.0 Å². The Morgan fingerprint density at radius 2 is 2.09 bits per heavy atom. The van der Waals surface area contributed by atoms with Crippen LogP contribution < -0.4 is 5.73 Å². The molecule has 4 heterocycles. The summed E-state index contributed by atoms with van der Waals surface area (Å²) in [5.74, 6) is 1.25. The van der Waals surface area contributed by atoms with Gasteiger partial charge in [-0.1, -0.05) is 6.07 Å². The normalized spacial score (nSPS) is 14.8. The SMILES string of the molecule is Nc1cc2c(cn1)ncn2Cc1cn2cc(C3CC3)ccc2n1. The molecular weight excluding hydrogens is 288 g/mol. The molecule has 4 aromatic heterocycles. The van der Waals surface area contributed by atoms with Crippen LogP contribution in [0.4, 0.5) is 5.82 Å². The average molecular weight is 304 g/mol. The van der Waals surface area contributed by atoms with Gasteiger partial charge in [-0.15, -0.1) is 0 Å². The smallest absolute Gasteiger partial charge is 0.137 e. The molecule has 114 valence electrons. The molecule has 0 unspecified atom stereocenters. The van der Waals surface area contributed by atoms with Crippen LogP contribution in [0.5, 0.6) is 0 Å². The summed E-state index contributed by atoms with van der Waals surface area (Å²) < 4.78 is 4.18. The molecule has 1 fully saturated rings. The number of hydrogen-bond acceptors (Lipinski definition) is 4. The highest BCUT2D eigenvalue weighted by atomic mass is 15.1. The Balaban J connectivity index is 1.53. The Kier molecular flexibility index (Phi) is 2.50. The zero-order valence-corrected chi connectivity index (χ0v) is 12.6. The minimum Gasteiger partial charge on any atom is -0.384 e. The van der Waals surface area contributed by atoms with E-state index in [1.54, 1.807) is 6.20 Å². The number of rotatable bonds is 3. The van der Waals surface area contributed by atoms with Gasteiger partial charge in [-0.3, -0.25) is 0 Å². The maximum absolute atomic E-state index is 5.79. The number of hydrogen-bond donors (Lipinski definition) is 1. The van der Waals surface area contributed by atoms with Crippen LogP contribution in [0.3, 0.4) is 0 Å². The molecule has 0 atom stereocenters. The van der Waals surface area contributed by atoms with Crippen LogP contribution in [0.2, 0.25) is 0 Å². The Morgan fingerprint density at radius 3 is 2.96 bits per heavy atom. The van der Waals surface area contributed by atoms with Gasteiger partial charge in [0.1, 0.15) is 17.0 Å². The van der Waals surface area contributed by atoms with Crippen molar-refractivity contribution < 1.29 is 0 Å². The van der Waals surface area contributed by atoms with Gasteiger partial charge in [-0.2, -0.15) is 0 Å². The molecule has 23 heavy (non-hydrogen) atoms. The molecule has 1 aliphatic rings. The highest BCUT2D eigenvalue weighted by Gasteiger charge is 2.23. The first-order valence-corrected chi connectivity index (χ1v) is 7.80. The number of nitrogens with two attached hydrogens (primary N) is 1. The van der Waals surface area contributed by atoms with Crippen molar-refractivity contribution in [1.29, 1.82) is 0 Å². The van der Waals surface area contributed by atoms with Gasteiger partial charge < -0.3 is 14.7 Å². The summed E-state index contributed by atoms with van der Waals surface area (Å²) in [4.78, 5) is 13.1. The van der Waals surface area contributed by atoms with Gasteiger partial charge in [0.25, 0.3) is 0 Å². The lowest BCUT2D eigenvalue weighted by Gasteiger charge is -2.01. The minimum atomic E-state index is 0.503. The van der Waals surface area contributed by atoms with E-state index in [4.69, 9.17) is 10.7 Å². The minimum absolute atomic E-state index is 0.503. The zero-order valence-electron chi connectivity index (χ0n) is 12.6. The van der Waals surface area contributed by atoms with Crippen molar-refractivity contribution in [2.45, 2.75) is 25.3 Å². The third-order valence-electron chi connectivity index (χ3n) is 4.43. The van der Waals surface area contributed by atoms with E-state index in [1.807, 2.05) is 12.4 Å². The number of aromatic nitrogens is 5. The molecule has 0 aliphatic heterocycles. The third kappa shape index (κ3) is 2.14. The fourth-order valence-electron chi connectivity index (χ4n) is 3.07. The Hall–Kier alpha value is -2.89. The monoisotopic (exact) mass is 304 g/mol. The first kappa shape index (κ1) is 12.6. The van der Waals surface area contributed by atoms with Crippen molar-refractivity contribution in [2.75, 3.05) is 5.73 Å². The Morgan fingerprint density at radius 1 is 1.17 bits per heavy atom. The lowest BCUT2D eigenvalue weighted by Crippen LogP contribution is -1.99. The van der Waals surface area contributed by atoms with Crippen LogP contribution in [-0.2, 0) is 6.54 Å². The van der Waals surface area contributed by atoms with Crippen molar-refractivity contribution >= 4 is 22.5 Å². The fourth-order valence-corrected chi connectivity index (χ4v) is 3.07. The number of nitrogens with zero attached hydrogens (tertiary/aromatic N) is 5. The van der Waals surface area contributed by atoms with Crippen molar-refractivity contribution in [3.8, 4) is 0 Å². The van der Waals surface area contributed by atoms with Crippen LogP contribution in [0.15, 0.2) is 43.1 Å². The van der Waals surface area contributed by atoms with E-state index in [9.17, 15) is 0 Å². The predicted molar refractivity (Wildman–Crippen MR) is 88.2 cm³/mol. The first-order chi connectivity index (χ1) is 11.3. The van der Waals surface area contributed by atoms with E-state index >= 15 is 0 Å². The first-order valence-electron chi connectivity index (χ1n) is 7.80. The molecule has 1 saturated carbocycles. The highest BCUT2D eigenvalue weighted by molar-refractivity contribution is 5.76. The second-order valence-corrected chi connectivity index (χ2v) is 6.20. The second-order valence-electron chi connectivity index (χ2n) is 6.20. The molecule has 0 radical (unpaired) electrons. The van der Waals surface area contributed by atoms with E-state index < -0.39 is 0 Å².